The molecule has 0 heterocycles. The van der Waals surface area contributed by atoms with Crippen LogP contribution in [-0.4, -0.2) is 24.2 Å². The van der Waals surface area contributed by atoms with Crippen molar-refractivity contribution in [1.29, 1.82) is 0 Å². The van der Waals surface area contributed by atoms with Crippen LogP contribution in [0.15, 0.2) is 64.3 Å². The van der Waals surface area contributed by atoms with E-state index in [9.17, 15) is 4.79 Å². The Morgan fingerprint density at radius 3 is 1.62 bits per heavy atom. The summed E-state index contributed by atoms with van der Waals surface area (Å²) in [5.41, 5.74) is 2.04. The van der Waals surface area contributed by atoms with Gasteiger partial charge < -0.3 is 0 Å². The molecule has 2 aromatic rings. The average molecular weight is 497 g/mol. The number of ketones is 1. The van der Waals surface area contributed by atoms with Crippen molar-refractivity contribution in [2.24, 2.45) is 0 Å². The molecule has 0 aromatic heterocycles. The first-order valence-electron chi connectivity index (χ1n) is 11.5. The Morgan fingerprint density at radius 1 is 0.724 bits per heavy atom. The van der Waals surface area contributed by atoms with Gasteiger partial charge in [-0.25, -0.2) is 0 Å². The first kappa shape index (κ1) is 23.9. The number of unbranched alkanes of at least 4 members (excludes halogenated alkanes) is 3. The van der Waals surface area contributed by atoms with Crippen molar-refractivity contribution in [3.05, 3.63) is 75.4 Å². The van der Waals surface area contributed by atoms with Gasteiger partial charge in [-0.2, -0.15) is 0 Å². The fourth-order valence-corrected chi connectivity index (χ4v) is 20.6. The Kier molecular flexibility index (Phi) is 10.8. The third-order valence-electron chi connectivity index (χ3n) is 5.99. The molecular formula is C27H38OSn. The van der Waals surface area contributed by atoms with Gasteiger partial charge in [0.05, 0.1) is 0 Å². The first-order chi connectivity index (χ1) is 14.2. The van der Waals surface area contributed by atoms with Crippen LogP contribution >= 0.6 is 0 Å². The molecule has 2 rings (SSSR count). The molecule has 0 bridgehead atoms. The van der Waals surface area contributed by atoms with Crippen LogP contribution in [0.25, 0.3) is 6.08 Å². The monoisotopic (exact) mass is 498 g/mol. The first-order valence-corrected chi connectivity index (χ1v) is 19.0. The zero-order valence-electron chi connectivity index (χ0n) is 18.6. The Balaban J connectivity index is 2.60. The van der Waals surface area contributed by atoms with E-state index < -0.39 is 18.4 Å². The second-order valence-electron chi connectivity index (χ2n) is 8.25. The van der Waals surface area contributed by atoms with Gasteiger partial charge in [-0.05, 0) is 0 Å². The fourth-order valence-electron chi connectivity index (χ4n) is 4.24. The molecule has 29 heavy (non-hydrogen) atoms. The van der Waals surface area contributed by atoms with Crippen molar-refractivity contribution < 1.29 is 4.79 Å². The number of rotatable bonds is 13. The summed E-state index contributed by atoms with van der Waals surface area (Å²) in [5, 5.41) is 0. The SMILES string of the molecule is CCC[CH2][Sn]([CH2]CCC)([CH2]CCC)/[C](=C\c1ccccc1)C(=O)c1ccccc1. The van der Waals surface area contributed by atoms with Gasteiger partial charge >= 0.3 is 183 Å². The fraction of sp³-hybridized carbons (Fsp3) is 0.444. The van der Waals surface area contributed by atoms with E-state index in [4.69, 9.17) is 0 Å². The minimum absolute atomic E-state index is 0.300. The predicted octanol–water partition coefficient (Wildman–Crippen LogP) is 8.34. The molecular weight excluding hydrogens is 459 g/mol. The van der Waals surface area contributed by atoms with Gasteiger partial charge in [0, 0.05) is 0 Å². The zero-order chi connectivity index (χ0) is 21.0. The third-order valence-corrected chi connectivity index (χ3v) is 21.5. The number of benzene rings is 2. The quantitative estimate of drug-likeness (QED) is 0.155. The third kappa shape index (κ3) is 7.13. The van der Waals surface area contributed by atoms with Gasteiger partial charge in [-0.1, -0.05) is 0 Å². The van der Waals surface area contributed by atoms with Crippen molar-refractivity contribution >= 4 is 30.2 Å². The number of hydrogen-bond acceptors (Lipinski definition) is 1. The molecule has 0 unspecified atom stereocenters. The molecule has 0 N–H and O–H groups in total. The van der Waals surface area contributed by atoms with Gasteiger partial charge in [-0.15, -0.1) is 0 Å². The summed E-state index contributed by atoms with van der Waals surface area (Å²) in [6, 6.07) is 20.5. The van der Waals surface area contributed by atoms with Crippen LogP contribution in [0.1, 0.15) is 75.2 Å². The summed E-state index contributed by atoms with van der Waals surface area (Å²) in [5.74, 6) is 0.300. The van der Waals surface area contributed by atoms with E-state index in [0.29, 0.717) is 5.78 Å². The topological polar surface area (TPSA) is 17.1 Å². The van der Waals surface area contributed by atoms with E-state index in [-0.39, 0.29) is 0 Å². The maximum atomic E-state index is 13.9. The molecule has 2 aromatic carbocycles. The molecule has 0 radical (unpaired) electrons. The summed E-state index contributed by atoms with van der Waals surface area (Å²) in [6.45, 7) is 6.86. The summed E-state index contributed by atoms with van der Waals surface area (Å²) in [7, 11) is 0. The van der Waals surface area contributed by atoms with Crippen molar-refractivity contribution in [2.45, 2.75) is 72.6 Å². The molecule has 0 fully saturated rings. The van der Waals surface area contributed by atoms with Crippen molar-refractivity contribution in [1.82, 2.24) is 0 Å². The van der Waals surface area contributed by atoms with Crippen molar-refractivity contribution in [2.75, 3.05) is 0 Å². The van der Waals surface area contributed by atoms with Crippen LogP contribution in [0.2, 0.25) is 13.3 Å². The number of carbonyl (C=O) groups is 1. The van der Waals surface area contributed by atoms with E-state index in [2.05, 4.69) is 57.2 Å². The van der Waals surface area contributed by atoms with Crippen LogP contribution in [-0.2, 0) is 0 Å². The van der Waals surface area contributed by atoms with Crippen LogP contribution in [0, 0.1) is 0 Å². The second kappa shape index (κ2) is 13.1. The second-order valence-corrected chi connectivity index (χ2v) is 21.4. The number of hydrogen-bond donors (Lipinski definition) is 0. The minimum atomic E-state index is -2.86. The van der Waals surface area contributed by atoms with E-state index in [1.165, 1.54) is 61.0 Å². The molecule has 0 amide bonds. The molecule has 0 aliphatic rings. The Morgan fingerprint density at radius 2 is 1.17 bits per heavy atom. The van der Waals surface area contributed by atoms with Gasteiger partial charge in [-0.3, -0.25) is 0 Å². The Bertz CT molecular complexity index is 727. The number of allylic oxidation sites excluding steroid dienone is 1. The molecule has 0 spiro atoms. The molecule has 2 heteroatoms. The molecule has 156 valence electrons. The van der Waals surface area contributed by atoms with Crippen LogP contribution in [0.5, 0.6) is 0 Å². The molecule has 0 aliphatic heterocycles. The van der Waals surface area contributed by atoms with E-state index in [1.54, 1.807) is 0 Å². The van der Waals surface area contributed by atoms with Crippen molar-refractivity contribution in [3.63, 3.8) is 0 Å². The zero-order valence-corrected chi connectivity index (χ0v) is 21.5. The summed E-state index contributed by atoms with van der Waals surface area (Å²) >= 11 is -2.86. The normalized spacial score (nSPS) is 12.2. The van der Waals surface area contributed by atoms with Crippen molar-refractivity contribution in [3.8, 4) is 0 Å². The maximum absolute atomic E-state index is 13.9. The van der Waals surface area contributed by atoms with Gasteiger partial charge in [0.2, 0.25) is 0 Å². The van der Waals surface area contributed by atoms with E-state index >= 15 is 0 Å². The standard InChI is InChI=1S/C15H11O.3C4H9.Sn/c16-15(14-9-5-2-6-10-14)12-11-13-7-3-1-4-8-13;3*1-3-4-2;/h1-11H;3*1,3-4H2,2H3;. The summed E-state index contributed by atoms with van der Waals surface area (Å²) < 4.78 is 5.15. The molecule has 0 aliphatic carbocycles. The molecule has 1 nitrogen and oxygen atoms in total. The molecule has 0 saturated carbocycles. The summed E-state index contributed by atoms with van der Waals surface area (Å²) in [6.07, 6.45) is 9.72. The predicted molar refractivity (Wildman–Crippen MR) is 130 cm³/mol. The van der Waals surface area contributed by atoms with Gasteiger partial charge in [0.25, 0.3) is 0 Å². The molecule has 0 atom stereocenters. The Hall–Kier alpha value is -1.35. The van der Waals surface area contributed by atoms with Crippen LogP contribution in [0.4, 0.5) is 0 Å². The van der Waals surface area contributed by atoms with E-state index in [1.807, 2.05) is 30.3 Å². The van der Waals surface area contributed by atoms with Gasteiger partial charge in [0.15, 0.2) is 0 Å². The van der Waals surface area contributed by atoms with Gasteiger partial charge in [0.1, 0.15) is 0 Å². The average Bonchev–Trinajstić information content (AvgIpc) is 2.78. The Labute approximate surface area is 182 Å². The summed E-state index contributed by atoms with van der Waals surface area (Å²) in [4.78, 5) is 13.9. The van der Waals surface area contributed by atoms with Crippen LogP contribution < -0.4 is 0 Å². The van der Waals surface area contributed by atoms with Crippen LogP contribution in [0.3, 0.4) is 0 Å². The number of Topliss-reactive ketones (excluding diaryl/α,β-unsaturated/α-hetero) is 1. The molecule has 0 saturated heterocycles. The number of carbonyl (C=O) groups excluding carboxylic acids is 1. The van der Waals surface area contributed by atoms with E-state index in [0.717, 1.165) is 5.56 Å².